The van der Waals surface area contributed by atoms with Crippen LogP contribution in [0, 0.1) is 0 Å². The molecule has 0 saturated carbocycles. The Balaban J connectivity index is 0.000000312. The zero-order valence-corrected chi connectivity index (χ0v) is 41.0. The molecule has 372 valence electrons. The number of unbranched alkanes of at least 4 members (excludes halogenated alkanes) is 2. The highest BCUT2D eigenvalue weighted by Crippen LogP contribution is 2.39. The van der Waals surface area contributed by atoms with Crippen LogP contribution in [0.5, 0.6) is 11.5 Å². The van der Waals surface area contributed by atoms with E-state index in [4.69, 9.17) is 25.2 Å². The number of ether oxygens (including phenoxy) is 1. The van der Waals surface area contributed by atoms with E-state index < -0.39 is 40.8 Å². The Bertz CT molecular complexity index is 2510. The molecule has 0 radical (unpaired) electrons. The quantitative estimate of drug-likeness (QED) is 0.0459. The van der Waals surface area contributed by atoms with Gasteiger partial charge in [0.05, 0.1) is 22.3 Å². The van der Waals surface area contributed by atoms with Gasteiger partial charge < -0.3 is 28.5 Å². The zero-order valence-electron chi connectivity index (χ0n) is 39.4. The van der Waals surface area contributed by atoms with Crippen LogP contribution in [-0.4, -0.2) is 78.2 Å². The zero-order chi connectivity index (χ0) is 49.3. The van der Waals surface area contributed by atoms with Crippen molar-refractivity contribution >= 4 is 57.5 Å². The van der Waals surface area contributed by atoms with Crippen molar-refractivity contribution in [2.45, 2.75) is 92.4 Å². The summed E-state index contributed by atoms with van der Waals surface area (Å²) in [5, 5.41) is 10.7. The highest BCUT2D eigenvalue weighted by molar-refractivity contribution is 6.18. The summed E-state index contributed by atoms with van der Waals surface area (Å²) in [6, 6.07) is 20.4. The van der Waals surface area contributed by atoms with E-state index in [2.05, 4.69) is 23.6 Å². The van der Waals surface area contributed by atoms with E-state index in [1.54, 1.807) is 48.5 Å². The van der Waals surface area contributed by atoms with Gasteiger partial charge in [0.25, 0.3) is 0 Å². The number of phenolic OH excluding ortho intramolecular Hbond substituents is 1. The third kappa shape index (κ3) is 15.2. The summed E-state index contributed by atoms with van der Waals surface area (Å²) in [5.41, 5.74) is -0.657. The molecule has 16 heteroatoms. The number of fused-ring (bicyclic) bond motifs is 2. The third-order valence-electron chi connectivity index (χ3n) is 11.3. The Kier molecular flexibility index (Phi) is 23.0. The maximum atomic E-state index is 13.8. The van der Waals surface area contributed by atoms with Crippen LogP contribution in [0.15, 0.2) is 93.8 Å². The third-order valence-corrected chi connectivity index (χ3v) is 11.4. The first-order valence-corrected chi connectivity index (χ1v) is 23.4. The summed E-state index contributed by atoms with van der Waals surface area (Å²) in [7, 11) is 0. The number of halogens is 8. The first kappa shape index (κ1) is 57.3. The number of rotatable bonds is 20. The number of aromatic hydroxyl groups is 1. The average molecular weight is 996 g/mol. The van der Waals surface area contributed by atoms with Crippen molar-refractivity contribution in [3.63, 3.8) is 0 Å². The molecular weight excluding hydrogens is 933 g/mol. The van der Waals surface area contributed by atoms with Gasteiger partial charge in [-0.2, -0.15) is 26.3 Å². The second-order valence-corrected chi connectivity index (χ2v) is 16.1. The van der Waals surface area contributed by atoms with Gasteiger partial charge in [-0.1, -0.05) is 90.8 Å². The second kappa shape index (κ2) is 27.2. The van der Waals surface area contributed by atoms with E-state index in [0.29, 0.717) is 64.5 Å². The number of furan rings is 2. The van der Waals surface area contributed by atoms with Crippen LogP contribution in [0.1, 0.15) is 122 Å². The fourth-order valence-electron chi connectivity index (χ4n) is 7.41. The van der Waals surface area contributed by atoms with Gasteiger partial charge in [-0.15, -0.1) is 24.0 Å². The molecule has 0 bridgehead atoms. The maximum Gasteiger partial charge on any atom is 0.419 e. The van der Waals surface area contributed by atoms with Crippen molar-refractivity contribution in [2.75, 3.05) is 51.8 Å². The van der Waals surface area contributed by atoms with E-state index in [1.807, 2.05) is 27.7 Å². The van der Waals surface area contributed by atoms with Gasteiger partial charge in [-0.3, -0.25) is 9.59 Å². The Morgan fingerprint density at radius 3 is 1.46 bits per heavy atom. The number of carbonyl (C=O) groups excluding carboxylic acids is 2. The van der Waals surface area contributed by atoms with Crippen LogP contribution >= 0.6 is 24.0 Å². The van der Waals surface area contributed by atoms with Gasteiger partial charge in [-0.25, -0.2) is 0 Å². The molecular formula is C52H62Cl2F6N2O6. The lowest BCUT2D eigenvalue weighted by atomic mass is 9.96. The van der Waals surface area contributed by atoms with E-state index in [9.17, 15) is 41.0 Å². The minimum absolute atomic E-state index is 0. The number of carbonyl (C=O) groups is 2. The van der Waals surface area contributed by atoms with Crippen LogP contribution in [0.25, 0.3) is 21.9 Å². The van der Waals surface area contributed by atoms with Crippen molar-refractivity contribution in [3.8, 4) is 11.5 Å². The SMILES string of the molecule is CCCCc1oc2ccccc2c1C(=O)c1ccc(O)c(C(F)(F)F)c1.CCCCc1oc2ccccc2c1C(=O)c1ccc(OCCN(CC)CC)c(C(F)(F)F)c1.CCN(CC)CCCl.Cl. The van der Waals surface area contributed by atoms with E-state index in [1.165, 1.54) is 18.2 Å². The monoisotopic (exact) mass is 994 g/mol. The highest BCUT2D eigenvalue weighted by atomic mass is 35.5. The minimum atomic E-state index is -4.75. The van der Waals surface area contributed by atoms with Crippen LogP contribution in [0.3, 0.4) is 0 Å². The average Bonchev–Trinajstić information content (AvgIpc) is 3.88. The maximum absolute atomic E-state index is 13.8. The molecule has 68 heavy (non-hydrogen) atoms. The lowest BCUT2D eigenvalue weighted by molar-refractivity contribution is -0.139. The topological polar surface area (TPSA) is 96.4 Å². The number of ketones is 2. The Morgan fingerprint density at radius 2 is 1.04 bits per heavy atom. The van der Waals surface area contributed by atoms with E-state index in [-0.39, 0.29) is 41.5 Å². The molecule has 0 spiro atoms. The number of nitrogens with zero attached hydrogens (tertiary/aromatic N) is 2. The van der Waals surface area contributed by atoms with Crippen LogP contribution < -0.4 is 4.74 Å². The van der Waals surface area contributed by atoms with Crippen molar-refractivity contribution in [1.82, 2.24) is 9.80 Å². The van der Waals surface area contributed by atoms with Gasteiger partial charge in [0.1, 0.15) is 40.8 Å². The van der Waals surface area contributed by atoms with Crippen molar-refractivity contribution < 1.29 is 54.6 Å². The molecule has 0 aliphatic carbocycles. The fourth-order valence-corrected chi connectivity index (χ4v) is 7.65. The normalized spacial score (nSPS) is 11.6. The molecule has 0 fully saturated rings. The van der Waals surface area contributed by atoms with Gasteiger partial charge >= 0.3 is 12.4 Å². The first-order valence-electron chi connectivity index (χ1n) is 22.8. The number of benzene rings is 4. The van der Waals surface area contributed by atoms with Crippen LogP contribution in [0.2, 0.25) is 0 Å². The number of para-hydroxylation sites is 2. The molecule has 4 aromatic carbocycles. The van der Waals surface area contributed by atoms with Gasteiger partial charge in [-0.05, 0) is 87.6 Å². The number of hydrogen-bond donors (Lipinski definition) is 1. The van der Waals surface area contributed by atoms with Gasteiger partial charge in [0.15, 0.2) is 11.6 Å². The summed E-state index contributed by atoms with van der Waals surface area (Å²) in [4.78, 5) is 30.8. The predicted octanol–water partition coefficient (Wildman–Crippen LogP) is 14.5. The number of phenols is 1. The summed E-state index contributed by atoms with van der Waals surface area (Å²) < 4.78 is 97.8. The molecule has 0 atom stereocenters. The lowest BCUT2D eigenvalue weighted by Gasteiger charge is -2.20. The molecule has 6 aromatic rings. The molecule has 0 saturated heterocycles. The standard InChI is InChI=1S/C26H30F3NO3.C20H17F3O3.C6H14ClN.ClH/c1-4-7-11-23-24(19-10-8-9-12-21(19)33-23)25(31)18-13-14-22(20(17-18)26(27,28)29)32-16-15-30(5-2)6-3;1-2-3-7-17-18(13-6-4-5-8-16(13)26-17)19(25)12-9-10-15(24)14(11-12)20(21,22)23;1-3-8(4-2)6-5-7;/h8-10,12-14,17H,4-7,11,15-16H2,1-3H3;4-6,8-11,24H,2-3,7H2,1H3;3-6H2,1-2H3;1H. The first-order chi connectivity index (χ1) is 32.0. The molecule has 8 nitrogen and oxygen atoms in total. The molecule has 6 rings (SSSR count). The second-order valence-electron chi connectivity index (χ2n) is 15.7. The molecule has 0 aliphatic heterocycles. The Morgan fingerprint density at radius 1 is 0.618 bits per heavy atom. The largest absolute Gasteiger partial charge is 0.507 e. The number of hydrogen-bond acceptors (Lipinski definition) is 8. The predicted molar refractivity (Wildman–Crippen MR) is 260 cm³/mol. The number of likely N-dealkylation sites (N-methyl/N-ethyl adjacent to an activating group) is 1. The Labute approximate surface area is 406 Å². The molecule has 1 N–H and O–H groups in total. The molecule has 2 heterocycles. The number of aryl methyl sites for hydroxylation is 2. The summed E-state index contributed by atoms with van der Waals surface area (Å²) in [6.45, 7) is 17.8. The molecule has 2 aromatic heterocycles. The van der Waals surface area contributed by atoms with Crippen molar-refractivity contribution in [2.24, 2.45) is 0 Å². The fraction of sp³-hybridized carbons (Fsp3) is 0.423. The lowest BCUT2D eigenvalue weighted by Crippen LogP contribution is -2.28. The van der Waals surface area contributed by atoms with Gasteiger partial charge in [0, 0.05) is 53.7 Å². The molecule has 0 amide bonds. The number of alkyl halides is 7. The van der Waals surface area contributed by atoms with Crippen LogP contribution in [0.4, 0.5) is 26.3 Å². The van der Waals surface area contributed by atoms with Crippen LogP contribution in [-0.2, 0) is 25.2 Å². The minimum Gasteiger partial charge on any atom is -0.507 e. The molecule has 0 unspecified atom stereocenters. The van der Waals surface area contributed by atoms with E-state index >= 15 is 0 Å². The van der Waals surface area contributed by atoms with E-state index in [0.717, 1.165) is 76.4 Å². The Hall–Kier alpha value is -5.02. The summed E-state index contributed by atoms with van der Waals surface area (Å²) in [5.74, 6) is -0.470. The summed E-state index contributed by atoms with van der Waals surface area (Å²) in [6.07, 6.45) is -4.92. The van der Waals surface area contributed by atoms with Gasteiger partial charge in [0.2, 0.25) is 0 Å². The highest BCUT2D eigenvalue weighted by Gasteiger charge is 2.37. The summed E-state index contributed by atoms with van der Waals surface area (Å²) >= 11 is 5.51. The van der Waals surface area contributed by atoms with Crippen molar-refractivity contribution in [3.05, 3.63) is 130 Å². The van der Waals surface area contributed by atoms with Crippen molar-refractivity contribution in [1.29, 1.82) is 0 Å². The molecule has 0 aliphatic rings. The smallest absolute Gasteiger partial charge is 0.419 e.